The average Bonchev–Trinajstić information content (AvgIpc) is 3.62. The molecule has 0 unspecified atom stereocenters. The van der Waals surface area contributed by atoms with Crippen LogP contribution in [0.2, 0.25) is 0 Å². The second-order valence-electron chi connectivity index (χ2n) is 12.8. The third-order valence-electron chi connectivity index (χ3n) is 8.46. The smallest absolute Gasteiger partial charge is 0.407 e. The van der Waals surface area contributed by atoms with E-state index in [0.29, 0.717) is 25.9 Å². The molecule has 2 amide bonds. The first kappa shape index (κ1) is 35.4. The van der Waals surface area contributed by atoms with Gasteiger partial charge in [-0.3, -0.25) is 0 Å². The number of benzene rings is 2. The van der Waals surface area contributed by atoms with Crippen LogP contribution in [-0.2, 0) is 30.7 Å². The van der Waals surface area contributed by atoms with Crippen molar-refractivity contribution in [3.63, 3.8) is 0 Å². The number of fused-ring (bicyclic) bond motifs is 1. The topological polar surface area (TPSA) is 184 Å². The monoisotopic (exact) mass is 661 g/mol. The van der Waals surface area contributed by atoms with Gasteiger partial charge in [-0.25, -0.2) is 13.2 Å². The Morgan fingerprint density at radius 2 is 1.91 bits per heavy atom. The number of aliphatic hydroxyl groups is 1. The molecule has 2 aromatic rings. The lowest BCUT2D eigenvalue weighted by Gasteiger charge is -2.35. The number of nitrogens with two attached hydrogens (primary N) is 1. The molecule has 2 aliphatic heterocycles. The molecule has 5 atom stereocenters. The van der Waals surface area contributed by atoms with Crippen molar-refractivity contribution in [2.45, 2.75) is 69.0 Å². The molecule has 0 saturated carbocycles. The molecule has 2 heterocycles. The summed E-state index contributed by atoms with van der Waals surface area (Å²) in [4.78, 5) is 25.3. The fourth-order valence-corrected chi connectivity index (χ4v) is 7.57. The molecule has 2 aromatic carbocycles. The van der Waals surface area contributed by atoms with Crippen molar-refractivity contribution < 1.29 is 42.4 Å². The maximum atomic E-state index is 14.0. The standard InChI is InChI=1S/C32H46N4O9S/c1-32(2,14-8-15-35(3)31(39)40)21-36(46(41,42)24-12-7-11-23(33)18-24)19-27(37)26(17-22-9-5-4-6-10-22)34-30(38)45-28-20-44-29-25(28)13-16-43-29/h4-7,9-12,18,25-29,37H,8,13-17,19-21,33H2,1-3H3,(H,34,38)(H,39,40)/p-1/t25-,26-,27+,28-,29+/m0/s1. The van der Waals surface area contributed by atoms with Gasteiger partial charge < -0.3 is 45.2 Å². The summed E-state index contributed by atoms with van der Waals surface area (Å²) in [6.07, 6.45) is -2.43. The number of hydrogen-bond acceptors (Lipinski definition) is 10. The van der Waals surface area contributed by atoms with Gasteiger partial charge in [0.2, 0.25) is 10.0 Å². The molecular formula is C32H45N4O9S-. The van der Waals surface area contributed by atoms with Crippen LogP contribution in [-0.4, -0.2) is 99.4 Å². The van der Waals surface area contributed by atoms with Crippen LogP contribution in [0.25, 0.3) is 0 Å². The number of aliphatic hydroxyl groups excluding tert-OH is 1. The first-order chi connectivity index (χ1) is 21.7. The summed E-state index contributed by atoms with van der Waals surface area (Å²) in [6.45, 7) is 4.36. The first-order valence-electron chi connectivity index (χ1n) is 15.5. The number of nitrogens with one attached hydrogen (secondary N) is 1. The molecule has 0 aromatic heterocycles. The number of ether oxygens (including phenoxy) is 3. The van der Waals surface area contributed by atoms with Crippen molar-refractivity contribution in [2.75, 3.05) is 45.6 Å². The highest BCUT2D eigenvalue weighted by atomic mass is 32.2. The van der Waals surface area contributed by atoms with E-state index < -0.39 is 52.2 Å². The van der Waals surface area contributed by atoms with Crippen molar-refractivity contribution in [1.82, 2.24) is 14.5 Å². The van der Waals surface area contributed by atoms with Gasteiger partial charge in [0.1, 0.15) is 12.2 Å². The maximum Gasteiger partial charge on any atom is 0.407 e. The Morgan fingerprint density at radius 3 is 2.61 bits per heavy atom. The lowest BCUT2D eigenvalue weighted by atomic mass is 9.87. The van der Waals surface area contributed by atoms with Crippen molar-refractivity contribution in [2.24, 2.45) is 11.3 Å². The van der Waals surface area contributed by atoms with E-state index in [0.717, 1.165) is 10.5 Å². The summed E-state index contributed by atoms with van der Waals surface area (Å²) in [7, 11) is -2.75. The van der Waals surface area contributed by atoms with Gasteiger partial charge in [0, 0.05) is 32.4 Å². The van der Waals surface area contributed by atoms with Gasteiger partial charge in [-0.1, -0.05) is 50.2 Å². The number of sulfonamides is 1. The molecule has 46 heavy (non-hydrogen) atoms. The minimum absolute atomic E-state index is 0.00120. The van der Waals surface area contributed by atoms with E-state index in [-0.39, 0.29) is 49.2 Å². The van der Waals surface area contributed by atoms with Gasteiger partial charge in [-0.15, -0.1) is 0 Å². The predicted octanol–water partition coefficient (Wildman–Crippen LogP) is 1.80. The van der Waals surface area contributed by atoms with Gasteiger partial charge in [-0.05, 0) is 54.9 Å². The van der Waals surface area contributed by atoms with Gasteiger partial charge in [0.25, 0.3) is 0 Å². The number of anilines is 1. The van der Waals surface area contributed by atoms with Crippen LogP contribution >= 0.6 is 0 Å². The molecular weight excluding hydrogens is 616 g/mol. The summed E-state index contributed by atoms with van der Waals surface area (Å²) in [5.74, 6) is -0.0732. The first-order valence-corrected chi connectivity index (χ1v) is 16.9. The van der Waals surface area contributed by atoms with E-state index in [1.807, 2.05) is 44.2 Å². The number of alkyl carbamates (subject to hydrolysis) is 1. The number of carbonyl (C=O) groups excluding carboxylic acids is 2. The molecule has 0 spiro atoms. The number of amides is 2. The van der Waals surface area contributed by atoms with E-state index in [1.54, 1.807) is 12.1 Å². The molecule has 2 aliphatic rings. The van der Waals surface area contributed by atoms with Crippen molar-refractivity contribution in [1.29, 1.82) is 0 Å². The summed E-state index contributed by atoms with van der Waals surface area (Å²) < 4.78 is 46.1. The summed E-state index contributed by atoms with van der Waals surface area (Å²) >= 11 is 0. The quantitative estimate of drug-likeness (QED) is 0.238. The average molecular weight is 662 g/mol. The third-order valence-corrected chi connectivity index (χ3v) is 10.3. The van der Waals surface area contributed by atoms with Gasteiger partial charge in [0.15, 0.2) is 6.29 Å². The van der Waals surface area contributed by atoms with Gasteiger partial charge in [0.05, 0.1) is 36.2 Å². The van der Waals surface area contributed by atoms with Crippen molar-refractivity contribution in [3.05, 3.63) is 60.2 Å². The van der Waals surface area contributed by atoms with Crippen LogP contribution in [0, 0.1) is 11.3 Å². The summed E-state index contributed by atoms with van der Waals surface area (Å²) in [5, 5.41) is 25.6. The highest BCUT2D eigenvalue weighted by Crippen LogP contribution is 2.33. The van der Waals surface area contributed by atoms with Crippen LogP contribution in [0.1, 0.15) is 38.7 Å². The van der Waals surface area contributed by atoms with Crippen LogP contribution in [0.5, 0.6) is 0 Å². The number of rotatable bonds is 15. The lowest BCUT2D eigenvalue weighted by Crippen LogP contribution is -2.52. The summed E-state index contributed by atoms with van der Waals surface area (Å²) in [6, 6.07) is 14.2. The molecule has 2 saturated heterocycles. The normalized spacial score (nSPS) is 21.0. The Labute approximate surface area is 270 Å². The van der Waals surface area contributed by atoms with E-state index in [2.05, 4.69) is 5.32 Å². The Balaban J connectivity index is 1.55. The molecule has 0 radical (unpaired) electrons. The third kappa shape index (κ3) is 9.55. The molecule has 0 aliphatic carbocycles. The molecule has 4 N–H and O–H groups in total. The highest BCUT2D eigenvalue weighted by molar-refractivity contribution is 7.89. The van der Waals surface area contributed by atoms with Crippen LogP contribution in [0.3, 0.4) is 0 Å². The highest BCUT2D eigenvalue weighted by Gasteiger charge is 2.44. The Bertz CT molecular complexity index is 1430. The number of nitrogen functional groups attached to an aromatic ring is 1. The van der Waals surface area contributed by atoms with E-state index in [1.165, 1.54) is 23.5 Å². The zero-order valence-electron chi connectivity index (χ0n) is 26.5. The van der Waals surface area contributed by atoms with Crippen molar-refractivity contribution >= 4 is 27.9 Å². The van der Waals surface area contributed by atoms with Gasteiger partial charge >= 0.3 is 6.09 Å². The molecule has 4 rings (SSSR count). The van der Waals surface area contributed by atoms with E-state index >= 15 is 0 Å². The molecule has 0 bridgehead atoms. The van der Waals surface area contributed by atoms with Crippen molar-refractivity contribution in [3.8, 4) is 0 Å². The number of carboxylic acid groups (broad SMARTS) is 1. The molecule has 13 nitrogen and oxygen atoms in total. The minimum atomic E-state index is -4.17. The fourth-order valence-electron chi connectivity index (χ4n) is 5.87. The van der Waals surface area contributed by atoms with E-state index in [9.17, 15) is 28.2 Å². The minimum Gasteiger partial charge on any atom is -0.530 e. The Morgan fingerprint density at radius 1 is 1.17 bits per heavy atom. The van der Waals surface area contributed by atoms with Gasteiger partial charge in [-0.2, -0.15) is 4.31 Å². The van der Waals surface area contributed by atoms with E-state index in [4.69, 9.17) is 19.9 Å². The Hall–Kier alpha value is -3.43. The largest absolute Gasteiger partial charge is 0.530 e. The SMILES string of the molecule is CN(CCCC(C)(C)CN(C[C@@H](O)[C@H](Cc1ccccc1)NC(=O)O[C@H]1CO[C@H]2OCC[C@H]21)S(=O)(=O)c1cccc(N)c1)C(=O)[O-]. The lowest BCUT2D eigenvalue weighted by molar-refractivity contribution is -0.264. The fraction of sp³-hybridized carbons (Fsp3) is 0.562. The second-order valence-corrected chi connectivity index (χ2v) is 14.7. The number of carbonyl (C=O) groups is 2. The number of hydrogen-bond donors (Lipinski definition) is 3. The van der Waals surface area contributed by atoms with Crippen LogP contribution in [0.15, 0.2) is 59.5 Å². The second kappa shape index (κ2) is 15.4. The molecule has 14 heteroatoms. The Kier molecular flexibility index (Phi) is 11.9. The zero-order valence-corrected chi connectivity index (χ0v) is 27.4. The number of nitrogens with zero attached hydrogens (tertiary/aromatic N) is 2. The van der Waals surface area contributed by atoms with Crippen LogP contribution in [0.4, 0.5) is 15.3 Å². The van der Waals surface area contributed by atoms with Crippen LogP contribution < -0.4 is 16.2 Å². The molecule has 2 fully saturated rings. The zero-order chi connectivity index (χ0) is 33.5. The molecule has 254 valence electrons. The summed E-state index contributed by atoms with van der Waals surface area (Å²) in [5.41, 5.74) is 6.39. The predicted molar refractivity (Wildman–Crippen MR) is 168 cm³/mol. The maximum absolute atomic E-state index is 14.0.